The number of rotatable bonds is 5. The number of esters is 2. The zero-order valence-electron chi connectivity index (χ0n) is 19.9. The second-order valence-corrected chi connectivity index (χ2v) is 9.27. The molecule has 8 nitrogen and oxygen atoms in total. The van der Waals surface area contributed by atoms with E-state index in [1.807, 2.05) is 6.92 Å². The summed E-state index contributed by atoms with van der Waals surface area (Å²) in [6.45, 7) is 5.52. The zero-order valence-corrected chi connectivity index (χ0v) is 20.7. The van der Waals surface area contributed by atoms with Crippen molar-refractivity contribution in [2.45, 2.75) is 39.5 Å². The predicted molar refractivity (Wildman–Crippen MR) is 129 cm³/mol. The first-order valence-corrected chi connectivity index (χ1v) is 11.8. The van der Waals surface area contributed by atoms with E-state index in [1.54, 1.807) is 26.0 Å². The van der Waals surface area contributed by atoms with Crippen molar-refractivity contribution in [1.82, 2.24) is 5.32 Å². The number of allylic oxidation sites excluding steroid dienone is 3. The highest BCUT2D eigenvalue weighted by Crippen LogP contribution is 2.45. The van der Waals surface area contributed by atoms with Gasteiger partial charge in [-0.15, -0.1) is 0 Å². The molecule has 0 bridgehead atoms. The summed E-state index contributed by atoms with van der Waals surface area (Å²) < 4.78 is 16.0. The molecule has 1 aliphatic carbocycles. The maximum Gasteiger partial charge on any atom is 0.336 e. The van der Waals surface area contributed by atoms with Gasteiger partial charge in [0.05, 0.1) is 36.9 Å². The van der Waals surface area contributed by atoms with E-state index in [0.717, 1.165) is 0 Å². The summed E-state index contributed by atoms with van der Waals surface area (Å²) in [7, 11) is 1.22. The fourth-order valence-corrected chi connectivity index (χ4v) is 5.02. The summed E-state index contributed by atoms with van der Waals surface area (Å²) in [5, 5.41) is 3.72. The van der Waals surface area contributed by atoms with Gasteiger partial charge < -0.3 is 19.2 Å². The number of nitrogens with one attached hydrogen (secondary N) is 1. The second kappa shape index (κ2) is 9.70. The molecule has 1 aliphatic heterocycles. The Balaban J connectivity index is 1.97. The lowest BCUT2D eigenvalue weighted by Crippen LogP contribution is -2.44. The molecular weight excluding hydrogens is 474 g/mol. The van der Waals surface area contributed by atoms with Crippen LogP contribution in [0.1, 0.15) is 45.1 Å². The number of benzene rings is 1. The van der Waals surface area contributed by atoms with Gasteiger partial charge in [0.1, 0.15) is 11.5 Å². The molecule has 1 aromatic heterocycles. The van der Waals surface area contributed by atoms with Crippen LogP contribution in [0.25, 0.3) is 11.0 Å². The van der Waals surface area contributed by atoms with E-state index in [-0.39, 0.29) is 34.6 Å². The van der Waals surface area contributed by atoms with Gasteiger partial charge in [-0.3, -0.25) is 14.4 Å². The number of Topliss-reactive ketones (excluding diaryl/α,β-unsaturated/α-hetero) is 1. The van der Waals surface area contributed by atoms with Crippen LogP contribution in [0.5, 0.6) is 0 Å². The number of carbonyl (C=O) groups excluding carboxylic acids is 3. The van der Waals surface area contributed by atoms with Crippen LogP contribution in [0.15, 0.2) is 56.2 Å². The van der Waals surface area contributed by atoms with Crippen molar-refractivity contribution in [3.8, 4) is 0 Å². The van der Waals surface area contributed by atoms with E-state index >= 15 is 0 Å². The SMILES string of the molecule is CCCOC(=O)C1=C(C)NC2=C(C(=O)[C@H](C(=O)OC)[C@H](C)C2)[C@H]1c1coc2ccc(Cl)cc2c1=O. The number of hydrogen-bond acceptors (Lipinski definition) is 8. The van der Waals surface area contributed by atoms with Crippen LogP contribution >= 0.6 is 11.6 Å². The van der Waals surface area contributed by atoms with Crippen LogP contribution in [0, 0.1) is 11.8 Å². The summed E-state index contributed by atoms with van der Waals surface area (Å²) in [6.07, 6.45) is 2.22. The van der Waals surface area contributed by atoms with Gasteiger partial charge in [-0.25, -0.2) is 4.79 Å². The molecule has 1 N–H and O–H groups in total. The van der Waals surface area contributed by atoms with Crippen LogP contribution in [0.2, 0.25) is 5.02 Å². The molecule has 0 unspecified atom stereocenters. The first-order chi connectivity index (χ1) is 16.7. The van der Waals surface area contributed by atoms with E-state index in [9.17, 15) is 19.2 Å². The molecule has 0 spiro atoms. The van der Waals surface area contributed by atoms with Crippen LogP contribution in [0.3, 0.4) is 0 Å². The highest BCUT2D eigenvalue weighted by molar-refractivity contribution is 6.31. The average molecular weight is 500 g/mol. The van der Waals surface area contributed by atoms with Crippen molar-refractivity contribution in [2.24, 2.45) is 11.8 Å². The Morgan fingerprint density at radius 2 is 2.00 bits per heavy atom. The lowest BCUT2D eigenvalue weighted by Gasteiger charge is -2.37. The van der Waals surface area contributed by atoms with Gasteiger partial charge in [-0.2, -0.15) is 0 Å². The normalized spacial score (nSPS) is 22.1. The minimum Gasteiger partial charge on any atom is -0.468 e. The molecule has 35 heavy (non-hydrogen) atoms. The fourth-order valence-electron chi connectivity index (χ4n) is 4.85. The molecule has 9 heteroatoms. The van der Waals surface area contributed by atoms with E-state index in [4.69, 9.17) is 25.5 Å². The van der Waals surface area contributed by atoms with E-state index < -0.39 is 35.0 Å². The average Bonchev–Trinajstić information content (AvgIpc) is 2.82. The van der Waals surface area contributed by atoms with Crippen molar-refractivity contribution >= 4 is 40.3 Å². The molecule has 2 heterocycles. The highest BCUT2D eigenvalue weighted by Gasteiger charge is 2.48. The monoisotopic (exact) mass is 499 g/mol. The topological polar surface area (TPSA) is 112 Å². The van der Waals surface area contributed by atoms with Gasteiger partial charge in [0, 0.05) is 27.6 Å². The number of halogens is 1. The summed E-state index contributed by atoms with van der Waals surface area (Å²) >= 11 is 6.12. The van der Waals surface area contributed by atoms with Crippen molar-refractivity contribution in [2.75, 3.05) is 13.7 Å². The largest absolute Gasteiger partial charge is 0.468 e. The Hall–Kier alpha value is -3.39. The summed E-state index contributed by atoms with van der Waals surface area (Å²) in [6, 6.07) is 4.66. The minimum absolute atomic E-state index is 0.0862. The Morgan fingerprint density at radius 3 is 2.69 bits per heavy atom. The van der Waals surface area contributed by atoms with Gasteiger partial charge in [-0.1, -0.05) is 25.4 Å². The number of ether oxygens (including phenoxy) is 2. The van der Waals surface area contributed by atoms with Gasteiger partial charge in [0.2, 0.25) is 0 Å². The first kappa shape index (κ1) is 24.7. The van der Waals surface area contributed by atoms with Crippen LogP contribution < -0.4 is 10.7 Å². The van der Waals surface area contributed by atoms with Crippen molar-refractivity contribution in [3.63, 3.8) is 0 Å². The number of fused-ring (bicyclic) bond motifs is 1. The molecule has 0 radical (unpaired) electrons. The molecule has 3 atom stereocenters. The third-order valence-electron chi connectivity index (χ3n) is 6.47. The molecule has 2 aromatic rings. The van der Waals surface area contributed by atoms with Crippen LogP contribution in [0.4, 0.5) is 0 Å². The van der Waals surface area contributed by atoms with Crippen molar-refractivity contribution in [3.05, 3.63) is 67.8 Å². The van der Waals surface area contributed by atoms with Crippen molar-refractivity contribution in [1.29, 1.82) is 0 Å². The first-order valence-electron chi connectivity index (χ1n) is 11.4. The Kier molecular flexibility index (Phi) is 6.85. The zero-order chi connectivity index (χ0) is 25.4. The maximum absolute atomic E-state index is 13.7. The molecular formula is C26H26ClNO7. The van der Waals surface area contributed by atoms with Gasteiger partial charge in [0.25, 0.3) is 0 Å². The Morgan fingerprint density at radius 1 is 1.26 bits per heavy atom. The third kappa shape index (κ3) is 4.27. The molecule has 1 aromatic carbocycles. The number of carbonyl (C=O) groups is 3. The summed E-state index contributed by atoms with van der Waals surface area (Å²) in [4.78, 5) is 53.1. The van der Waals surface area contributed by atoms with E-state index in [0.29, 0.717) is 34.8 Å². The lowest BCUT2D eigenvalue weighted by molar-refractivity contribution is -0.151. The predicted octanol–water partition coefficient (Wildman–Crippen LogP) is 4.01. The van der Waals surface area contributed by atoms with Gasteiger partial charge in [-0.05, 0) is 43.9 Å². The lowest BCUT2D eigenvalue weighted by atomic mass is 9.69. The molecule has 0 saturated carbocycles. The Labute approximate surface area is 206 Å². The second-order valence-electron chi connectivity index (χ2n) is 8.83. The number of dihydropyridines is 1. The van der Waals surface area contributed by atoms with E-state index in [1.165, 1.54) is 19.4 Å². The number of ketones is 1. The molecule has 0 saturated heterocycles. The smallest absolute Gasteiger partial charge is 0.336 e. The number of hydrogen-bond donors (Lipinski definition) is 1. The van der Waals surface area contributed by atoms with Gasteiger partial charge in [0.15, 0.2) is 11.2 Å². The Bertz CT molecular complexity index is 1350. The van der Waals surface area contributed by atoms with Crippen molar-refractivity contribution < 1.29 is 28.3 Å². The molecule has 4 rings (SSSR count). The highest BCUT2D eigenvalue weighted by atomic mass is 35.5. The summed E-state index contributed by atoms with van der Waals surface area (Å²) in [5.74, 6) is -4.29. The quantitative estimate of drug-likeness (QED) is 0.485. The number of methoxy groups -OCH3 is 1. The minimum atomic E-state index is -1.08. The standard InChI is InChI=1S/C26H26ClNO7/c1-5-8-34-26(32)20-13(3)28-17-9-12(2)19(25(31)33-4)24(30)22(17)21(20)16-11-35-18-7-6-14(27)10-15(18)23(16)29/h6-7,10-12,19,21,28H,5,8-9H2,1-4H3/t12-,19-,21+/m1/s1. The molecule has 2 aliphatic rings. The molecule has 0 fully saturated rings. The van der Waals surface area contributed by atoms with Crippen LogP contribution in [-0.4, -0.2) is 31.4 Å². The summed E-state index contributed by atoms with van der Waals surface area (Å²) in [5.41, 5.74) is 1.29. The third-order valence-corrected chi connectivity index (χ3v) is 6.71. The fraction of sp³-hybridized carbons (Fsp3) is 0.385. The van der Waals surface area contributed by atoms with Crippen LogP contribution in [-0.2, 0) is 23.9 Å². The van der Waals surface area contributed by atoms with E-state index in [2.05, 4.69) is 5.32 Å². The maximum atomic E-state index is 13.7. The molecule has 0 amide bonds. The molecule has 184 valence electrons. The van der Waals surface area contributed by atoms with Gasteiger partial charge >= 0.3 is 11.9 Å².